The monoisotopic (exact) mass is 444 g/mol. The first-order valence-electron chi connectivity index (χ1n) is 8.45. The maximum absolute atomic E-state index is 11.9. The summed E-state index contributed by atoms with van der Waals surface area (Å²) in [5.74, 6) is 1.50. The lowest BCUT2D eigenvalue weighted by atomic mass is 9.87. The number of carbonyl (C=O) groups is 1. The van der Waals surface area contributed by atoms with Gasteiger partial charge in [0.2, 0.25) is 5.91 Å². The average Bonchev–Trinajstić information content (AvgIpc) is 2.59. The lowest BCUT2D eigenvalue weighted by Crippen LogP contribution is -2.47. The minimum absolute atomic E-state index is 0. The number of guanidine groups is 1. The summed E-state index contributed by atoms with van der Waals surface area (Å²) in [6, 6.07) is 10.4. The fourth-order valence-electron chi connectivity index (χ4n) is 2.82. The van der Waals surface area contributed by atoms with Crippen molar-refractivity contribution in [1.82, 2.24) is 16.0 Å². The standard InChI is InChI=1S/C18H28N4O.HI/c1-14-8-10-16(11-9-14)22-18(19-2)21-13-17(23)20-12-15-6-4-3-5-7-15;/h3-7,14,16H,8-13H2,1-2H3,(H,20,23)(H2,19,21,22);1H. The first kappa shape index (κ1) is 20.7. The second-order valence-electron chi connectivity index (χ2n) is 6.29. The number of benzene rings is 1. The van der Waals surface area contributed by atoms with E-state index in [9.17, 15) is 4.79 Å². The van der Waals surface area contributed by atoms with Gasteiger partial charge in [0.05, 0.1) is 6.54 Å². The fourth-order valence-corrected chi connectivity index (χ4v) is 2.82. The number of hydrogen-bond donors (Lipinski definition) is 3. The number of rotatable bonds is 5. The van der Waals surface area contributed by atoms with Crippen molar-refractivity contribution in [3.05, 3.63) is 35.9 Å². The molecule has 0 unspecified atom stereocenters. The van der Waals surface area contributed by atoms with E-state index in [0.29, 0.717) is 18.5 Å². The van der Waals surface area contributed by atoms with Crippen LogP contribution in [0, 0.1) is 5.92 Å². The van der Waals surface area contributed by atoms with Crippen LogP contribution in [0.15, 0.2) is 35.3 Å². The summed E-state index contributed by atoms with van der Waals surface area (Å²) in [5, 5.41) is 9.41. The maximum Gasteiger partial charge on any atom is 0.239 e. The molecule has 134 valence electrons. The molecule has 1 saturated carbocycles. The molecule has 0 spiro atoms. The quantitative estimate of drug-likeness (QED) is 0.372. The highest BCUT2D eigenvalue weighted by Gasteiger charge is 2.18. The molecule has 1 aliphatic carbocycles. The molecule has 0 bridgehead atoms. The Kier molecular flexibility index (Phi) is 9.75. The van der Waals surface area contributed by atoms with Gasteiger partial charge in [-0.05, 0) is 37.2 Å². The summed E-state index contributed by atoms with van der Waals surface area (Å²) in [6.07, 6.45) is 4.85. The highest BCUT2D eigenvalue weighted by Crippen LogP contribution is 2.23. The predicted molar refractivity (Wildman–Crippen MR) is 110 cm³/mol. The lowest BCUT2D eigenvalue weighted by Gasteiger charge is -2.28. The molecule has 2 rings (SSSR count). The number of nitrogens with one attached hydrogen (secondary N) is 3. The van der Waals surface area contributed by atoms with Crippen molar-refractivity contribution in [2.75, 3.05) is 13.6 Å². The zero-order chi connectivity index (χ0) is 16.5. The molecule has 24 heavy (non-hydrogen) atoms. The summed E-state index contributed by atoms with van der Waals surface area (Å²) in [7, 11) is 1.74. The second-order valence-corrected chi connectivity index (χ2v) is 6.29. The van der Waals surface area contributed by atoms with Gasteiger partial charge in [-0.2, -0.15) is 0 Å². The van der Waals surface area contributed by atoms with Crippen LogP contribution in [0.25, 0.3) is 0 Å². The van der Waals surface area contributed by atoms with E-state index in [2.05, 4.69) is 27.9 Å². The highest BCUT2D eigenvalue weighted by atomic mass is 127. The van der Waals surface area contributed by atoms with Crippen LogP contribution < -0.4 is 16.0 Å². The summed E-state index contributed by atoms with van der Waals surface area (Å²) < 4.78 is 0. The van der Waals surface area contributed by atoms with Gasteiger partial charge in [0.1, 0.15) is 0 Å². The Morgan fingerprint density at radius 2 is 1.79 bits per heavy atom. The van der Waals surface area contributed by atoms with Gasteiger partial charge in [-0.3, -0.25) is 9.79 Å². The first-order chi connectivity index (χ1) is 11.2. The van der Waals surface area contributed by atoms with Crippen LogP contribution in [0.3, 0.4) is 0 Å². The summed E-state index contributed by atoms with van der Waals surface area (Å²) in [4.78, 5) is 16.1. The number of amides is 1. The van der Waals surface area contributed by atoms with Crippen molar-refractivity contribution in [2.45, 2.75) is 45.2 Å². The van der Waals surface area contributed by atoms with Crippen LogP contribution in [-0.4, -0.2) is 31.5 Å². The van der Waals surface area contributed by atoms with E-state index in [1.165, 1.54) is 25.7 Å². The van der Waals surface area contributed by atoms with Gasteiger partial charge < -0.3 is 16.0 Å². The van der Waals surface area contributed by atoms with Crippen molar-refractivity contribution in [3.8, 4) is 0 Å². The van der Waals surface area contributed by atoms with Crippen molar-refractivity contribution in [1.29, 1.82) is 0 Å². The molecule has 1 fully saturated rings. The number of carbonyl (C=O) groups excluding carboxylic acids is 1. The Labute approximate surface area is 162 Å². The molecule has 1 amide bonds. The van der Waals surface area contributed by atoms with E-state index in [0.717, 1.165) is 11.5 Å². The summed E-state index contributed by atoms with van der Waals surface area (Å²) in [6.45, 7) is 3.09. The molecular weight excluding hydrogens is 415 g/mol. The maximum atomic E-state index is 11.9. The predicted octanol–water partition coefficient (Wildman–Crippen LogP) is 2.66. The van der Waals surface area contributed by atoms with Crippen LogP contribution in [-0.2, 0) is 11.3 Å². The van der Waals surface area contributed by atoms with Gasteiger partial charge in [0.15, 0.2) is 5.96 Å². The Hall–Kier alpha value is -1.31. The van der Waals surface area contributed by atoms with Crippen molar-refractivity contribution < 1.29 is 4.79 Å². The zero-order valence-electron chi connectivity index (χ0n) is 14.5. The Morgan fingerprint density at radius 3 is 2.42 bits per heavy atom. The molecule has 5 nitrogen and oxygen atoms in total. The molecule has 0 aromatic heterocycles. The fraction of sp³-hybridized carbons (Fsp3) is 0.556. The van der Waals surface area contributed by atoms with Crippen LogP contribution >= 0.6 is 24.0 Å². The topological polar surface area (TPSA) is 65.5 Å². The summed E-state index contributed by atoms with van der Waals surface area (Å²) in [5.41, 5.74) is 1.10. The minimum Gasteiger partial charge on any atom is -0.354 e. The minimum atomic E-state index is -0.0333. The van der Waals surface area contributed by atoms with Crippen molar-refractivity contribution >= 4 is 35.8 Å². The van der Waals surface area contributed by atoms with Crippen LogP contribution in [0.4, 0.5) is 0 Å². The average molecular weight is 444 g/mol. The third-order valence-electron chi connectivity index (χ3n) is 4.33. The second kappa shape index (κ2) is 11.3. The van der Waals surface area contributed by atoms with Crippen molar-refractivity contribution in [2.24, 2.45) is 10.9 Å². The number of hydrogen-bond acceptors (Lipinski definition) is 2. The number of aliphatic imine (C=N–C) groups is 1. The Balaban J connectivity index is 0.00000288. The molecule has 0 aliphatic heterocycles. The molecule has 1 aliphatic rings. The molecule has 1 aromatic carbocycles. The van der Waals surface area contributed by atoms with E-state index < -0.39 is 0 Å². The van der Waals surface area contributed by atoms with E-state index in [1.807, 2.05) is 30.3 Å². The normalized spacial score (nSPS) is 20.7. The molecular formula is C18H29IN4O. The molecule has 0 radical (unpaired) electrons. The lowest BCUT2D eigenvalue weighted by molar-refractivity contribution is -0.120. The molecule has 0 saturated heterocycles. The zero-order valence-corrected chi connectivity index (χ0v) is 16.9. The Bertz CT molecular complexity index is 513. The van der Waals surface area contributed by atoms with E-state index >= 15 is 0 Å². The van der Waals surface area contributed by atoms with Gasteiger partial charge in [0.25, 0.3) is 0 Å². The van der Waals surface area contributed by atoms with Gasteiger partial charge in [-0.25, -0.2) is 0 Å². The third-order valence-corrected chi connectivity index (χ3v) is 4.33. The largest absolute Gasteiger partial charge is 0.354 e. The summed E-state index contributed by atoms with van der Waals surface area (Å²) >= 11 is 0. The van der Waals surface area contributed by atoms with E-state index in [-0.39, 0.29) is 36.4 Å². The van der Waals surface area contributed by atoms with E-state index in [1.54, 1.807) is 7.05 Å². The van der Waals surface area contributed by atoms with Crippen LogP contribution in [0.1, 0.15) is 38.2 Å². The smallest absolute Gasteiger partial charge is 0.239 e. The molecule has 3 N–H and O–H groups in total. The SMILES string of the molecule is CN=C(NCC(=O)NCc1ccccc1)NC1CCC(C)CC1.I. The highest BCUT2D eigenvalue weighted by molar-refractivity contribution is 14.0. The number of nitrogens with zero attached hydrogens (tertiary/aromatic N) is 1. The van der Waals surface area contributed by atoms with Gasteiger partial charge in [0, 0.05) is 19.6 Å². The Morgan fingerprint density at radius 1 is 1.12 bits per heavy atom. The van der Waals surface area contributed by atoms with E-state index in [4.69, 9.17) is 0 Å². The molecule has 0 heterocycles. The molecule has 1 aromatic rings. The number of halogens is 1. The third kappa shape index (κ3) is 7.51. The first-order valence-corrected chi connectivity index (χ1v) is 8.45. The van der Waals surface area contributed by atoms with Gasteiger partial charge in [-0.1, -0.05) is 37.3 Å². The van der Waals surface area contributed by atoms with Crippen LogP contribution in [0.5, 0.6) is 0 Å². The van der Waals surface area contributed by atoms with Crippen LogP contribution in [0.2, 0.25) is 0 Å². The molecule has 0 atom stereocenters. The molecule has 6 heteroatoms. The van der Waals surface area contributed by atoms with Crippen molar-refractivity contribution in [3.63, 3.8) is 0 Å². The van der Waals surface area contributed by atoms with Gasteiger partial charge >= 0.3 is 0 Å². The van der Waals surface area contributed by atoms with Gasteiger partial charge in [-0.15, -0.1) is 24.0 Å².